The summed E-state index contributed by atoms with van der Waals surface area (Å²) in [5.41, 5.74) is -0.237. The number of rotatable bonds is 6. The summed E-state index contributed by atoms with van der Waals surface area (Å²) in [6.07, 6.45) is -0.570. The van der Waals surface area contributed by atoms with E-state index in [0.29, 0.717) is 11.6 Å². The van der Waals surface area contributed by atoms with Crippen LogP contribution in [0.25, 0.3) is 0 Å². The van der Waals surface area contributed by atoms with Gasteiger partial charge in [0.15, 0.2) is 11.6 Å². The van der Waals surface area contributed by atoms with Crippen LogP contribution in [0.2, 0.25) is 10.0 Å². The number of benzene rings is 3. The highest BCUT2D eigenvalue weighted by molar-refractivity contribution is 6.53. The van der Waals surface area contributed by atoms with E-state index >= 15 is 0 Å². The maximum absolute atomic E-state index is 14.6. The van der Waals surface area contributed by atoms with Gasteiger partial charge in [-0.3, -0.25) is 9.59 Å². The summed E-state index contributed by atoms with van der Waals surface area (Å²) in [6.45, 7) is 0. The first kappa shape index (κ1) is 25.8. The molecule has 0 saturated heterocycles. The topological polar surface area (TPSA) is 46.2 Å². The van der Waals surface area contributed by atoms with Crippen molar-refractivity contribution in [2.45, 2.75) is 16.7 Å². The molecule has 0 radical (unpaired) electrons. The minimum absolute atomic E-state index is 0.0313. The molecule has 1 aliphatic carbocycles. The number of Topliss-reactive ketones (excluding diaryl/α,β-unsaturated/α-hetero) is 1. The number of nitrogens with one attached hydrogen (secondary N) is 1. The second-order valence-electron chi connectivity index (χ2n) is 7.95. The SMILES string of the molecule is O=C(Cc1ccc(F)cc1F)c1cc(NC(=O)C2C(c3ccc(F)c(Cl)c3)C2(Cl)Cl)cc(Cl)c1F. The second kappa shape index (κ2) is 9.62. The fourth-order valence-corrected chi connectivity index (χ4v) is 5.03. The molecule has 1 fully saturated rings. The summed E-state index contributed by atoms with van der Waals surface area (Å²) in [5, 5.41) is 1.86. The summed E-state index contributed by atoms with van der Waals surface area (Å²) in [6, 6.07) is 8.61. The Kier molecular flexibility index (Phi) is 7.08. The van der Waals surface area contributed by atoms with E-state index in [2.05, 4.69) is 5.32 Å². The zero-order chi connectivity index (χ0) is 25.7. The van der Waals surface area contributed by atoms with E-state index < -0.39 is 68.1 Å². The molecule has 0 bridgehead atoms. The van der Waals surface area contributed by atoms with Crippen LogP contribution in [-0.4, -0.2) is 16.0 Å². The first-order valence-corrected chi connectivity index (χ1v) is 11.5. The van der Waals surface area contributed by atoms with E-state index in [1.807, 2.05) is 0 Å². The molecule has 3 nitrogen and oxygen atoms in total. The largest absolute Gasteiger partial charge is 0.326 e. The Labute approximate surface area is 216 Å². The van der Waals surface area contributed by atoms with E-state index in [9.17, 15) is 27.2 Å². The molecule has 1 saturated carbocycles. The number of amides is 1. The fourth-order valence-electron chi connectivity index (χ4n) is 3.79. The molecular weight excluding hydrogens is 552 g/mol. The Bertz CT molecular complexity index is 1370. The van der Waals surface area contributed by atoms with Crippen molar-refractivity contribution in [1.29, 1.82) is 0 Å². The van der Waals surface area contributed by atoms with Gasteiger partial charge >= 0.3 is 0 Å². The monoisotopic (exact) mass is 563 g/mol. The minimum atomic E-state index is -1.52. The van der Waals surface area contributed by atoms with E-state index in [1.54, 1.807) is 0 Å². The van der Waals surface area contributed by atoms with Crippen LogP contribution in [-0.2, 0) is 11.2 Å². The number of hydrogen-bond donors (Lipinski definition) is 1. The van der Waals surface area contributed by atoms with Crippen LogP contribution in [0.15, 0.2) is 48.5 Å². The third kappa shape index (κ3) is 5.14. The van der Waals surface area contributed by atoms with Crippen molar-refractivity contribution in [1.82, 2.24) is 0 Å². The summed E-state index contributed by atoms with van der Waals surface area (Å²) in [5.74, 6) is -6.68. The van der Waals surface area contributed by atoms with Gasteiger partial charge in [-0.2, -0.15) is 0 Å². The number of hydrogen-bond acceptors (Lipinski definition) is 2. The number of anilines is 1. The highest BCUT2D eigenvalue weighted by Crippen LogP contribution is 2.65. The van der Waals surface area contributed by atoms with Gasteiger partial charge in [-0.05, 0) is 41.5 Å². The lowest BCUT2D eigenvalue weighted by Gasteiger charge is -2.10. The Morgan fingerprint density at radius 2 is 1.60 bits per heavy atom. The van der Waals surface area contributed by atoms with Crippen molar-refractivity contribution in [3.63, 3.8) is 0 Å². The van der Waals surface area contributed by atoms with Crippen molar-refractivity contribution < 1.29 is 27.2 Å². The molecule has 11 heteroatoms. The molecule has 1 amide bonds. The first-order valence-electron chi connectivity index (χ1n) is 10.00. The molecular formula is C24H13Cl4F4NO2. The average molecular weight is 565 g/mol. The van der Waals surface area contributed by atoms with Crippen molar-refractivity contribution in [3.05, 3.63) is 98.5 Å². The number of halogens is 8. The van der Waals surface area contributed by atoms with E-state index in [-0.39, 0.29) is 16.3 Å². The maximum atomic E-state index is 14.6. The zero-order valence-corrected chi connectivity index (χ0v) is 20.3. The molecule has 2 atom stereocenters. The fraction of sp³-hybridized carbons (Fsp3) is 0.167. The molecule has 4 rings (SSSR count). The smallest absolute Gasteiger partial charge is 0.231 e. The van der Waals surface area contributed by atoms with Crippen LogP contribution in [0.4, 0.5) is 23.2 Å². The third-order valence-electron chi connectivity index (χ3n) is 5.60. The third-order valence-corrected chi connectivity index (χ3v) is 7.11. The lowest BCUT2D eigenvalue weighted by molar-refractivity contribution is -0.117. The van der Waals surface area contributed by atoms with Crippen LogP contribution in [0.1, 0.15) is 27.4 Å². The van der Waals surface area contributed by atoms with Gasteiger partial charge in [0.2, 0.25) is 5.91 Å². The van der Waals surface area contributed by atoms with Crippen LogP contribution >= 0.6 is 46.4 Å². The van der Waals surface area contributed by atoms with Gasteiger partial charge in [0.05, 0.1) is 21.5 Å². The van der Waals surface area contributed by atoms with Crippen LogP contribution in [0, 0.1) is 29.2 Å². The standard InChI is InChI=1S/C24H13Cl4F4NO2/c25-15-5-11(2-4-17(15)30)20-21(24(20,27)28)23(35)33-13-8-14(22(32)16(26)9-13)19(34)6-10-1-3-12(29)7-18(10)31/h1-5,7-9,20-21H,6H2,(H,33,35). The Hall–Kier alpha value is -2.32. The maximum Gasteiger partial charge on any atom is 0.231 e. The zero-order valence-electron chi connectivity index (χ0n) is 17.3. The normalized spacial score (nSPS) is 18.3. The van der Waals surface area contributed by atoms with Crippen LogP contribution < -0.4 is 5.32 Å². The lowest BCUT2D eigenvalue weighted by Crippen LogP contribution is -2.18. The highest BCUT2D eigenvalue weighted by Gasteiger charge is 2.67. The molecule has 1 aliphatic rings. The molecule has 0 aromatic heterocycles. The Morgan fingerprint density at radius 3 is 2.26 bits per heavy atom. The summed E-state index contributed by atoms with van der Waals surface area (Å²) < 4.78 is 53.6. The van der Waals surface area contributed by atoms with Crippen molar-refractivity contribution >= 4 is 63.8 Å². The quantitative estimate of drug-likeness (QED) is 0.191. The van der Waals surface area contributed by atoms with Crippen molar-refractivity contribution in [2.75, 3.05) is 5.32 Å². The number of carbonyl (C=O) groups excluding carboxylic acids is 2. The molecule has 0 heterocycles. The summed E-state index contributed by atoms with van der Waals surface area (Å²) in [7, 11) is 0. The van der Waals surface area contributed by atoms with Gasteiger partial charge in [-0.15, -0.1) is 23.2 Å². The molecule has 3 aromatic rings. The molecule has 35 heavy (non-hydrogen) atoms. The molecule has 0 spiro atoms. The minimum Gasteiger partial charge on any atom is -0.326 e. The van der Waals surface area contributed by atoms with E-state index in [4.69, 9.17) is 46.4 Å². The number of alkyl halides is 2. The van der Waals surface area contributed by atoms with Gasteiger partial charge in [0.1, 0.15) is 21.8 Å². The predicted octanol–water partition coefficient (Wildman–Crippen LogP) is 7.50. The predicted molar refractivity (Wildman–Crippen MR) is 127 cm³/mol. The van der Waals surface area contributed by atoms with Crippen LogP contribution in [0.3, 0.4) is 0 Å². The van der Waals surface area contributed by atoms with Crippen molar-refractivity contribution in [2.24, 2.45) is 5.92 Å². The van der Waals surface area contributed by atoms with Crippen molar-refractivity contribution in [3.8, 4) is 0 Å². The number of carbonyl (C=O) groups is 2. The summed E-state index contributed by atoms with van der Waals surface area (Å²) in [4.78, 5) is 25.5. The van der Waals surface area contributed by atoms with E-state index in [1.165, 1.54) is 12.1 Å². The number of ketones is 1. The van der Waals surface area contributed by atoms with Gasteiger partial charge < -0.3 is 5.32 Å². The summed E-state index contributed by atoms with van der Waals surface area (Å²) >= 11 is 24.3. The van der Waals surface area contributed by atoms with Gasteiger partial charge in [0.25, 0.3) is 0 Å². The van der Waals surface area contributed by atoms with Crippen LogP contribution in [0.5, 0.6) is 0 Å². The average Bonchev–Trinajstić information content (AvgIpc) is 3.36. The molecule has 0 aliphatic heterocycles. The Morgan fingerprint density at radius 1 is 0.886 bits per heavy atom. The van der Waals surface area contributed by atoms with E-state index in [0.717, 1.165) is 30.3 Å². The Balaban J connectivity index is 1.55. The first-order chi connectivity index (χ1) is 16.4. The lowest BCUT2D eigenvalue weighted by atomic mass is 10.0. The van der Waals surface area contributed by atoms with Gasteiger partial charge in [-0.1, -0.05) is 35.3 Å². The molecule has 182 valence electrons. The van der Waals surface area contributed by atoms with Gasteiger partial charge in [-0.25, -0.2) is 17.6 Å². The highest BCUT2D eigenvalue weighted by atomic mass is 35.5. The molecule has 3 aromatic carbocycles. The molecule has 2 unspecified atom stereocenters. The second-order valence-corrected chi connectivity index (χ2v) is 10.2. The molecule has 1 N–H and O–H groups in total. The van der Waals surface area contributed by atoms with Gasteiger partial charge in [0, 0.05) is 24.1 Å².